The van der Waals surface area contributed by atoms with E-state index >= 15 is 0 Å². The summed E-state index contributed by atoms with van der Waals surface area (Å²) in [7, 11) is 2.70. The maximum atomic E-state index is 12.6. The monoisotopic (exact) mass is 756 g/mol. The number of ether oxygens (including phenoxy) is 2. The number of carbonyl (C=O) groups excluding carboxylic acids is 2. The second kappa shape index (κ2) is 16.5. The van der Waals surface area contributed by atoms with E-state index in [1.165, 1.54) is 14.2 Å². The van der Waals surface area contributed by atoms with Crippen LogP contribution in [0, 0.1) is 13.8 Å². The highest BCUT2D eigenvalue weighted by molar-refractivity contribution is 5.91. The van der Waals surface area contributed by atoms with E-state index < -0.39 is 5.97 Å². The van der Waals surface area contributed by atoms with Crippen molar-refractivity contribution in [3.8, 4) is 0 Å². The second-order valence-electron chi connectivity index (χ2n) is 14.1. The molecule has 14 heteroatoms. The first-order valence-electron chi connectivity index (χ1n) is 18.8. The second-order valence-corrected chi connectivity index (χ2v) is 14.1. The molecule has 14 nitrogen and oxygen atoms in total. The summed E-state index contributed by atoms with van der Waals surface area (Å²) < 4.78 is 13.1. The molecule has 56 heavy (non-hydrogen) atoms. The van der Waals surface area contributed by atoms with Gasteiger partial charge in [-0.15, -0.1) is 0 Å². The Labute approximate surface area is 323 Å². The van der Waals surface area contributed by atoms with Crippen LogP contribution >= 0.6 is 0 Å². The lowest BCUT2D eigenvalue weighted by molar-refractivity contribution is 0.0592. The van der Waals surface area contributed by atoms with Gasteiger partial charge in [0.15, 0.2) is 0 Å². The van der Waals surface area contributed by atoms with Gasteiger partial charge < -0.3 is 20.1 Å². The molecule has 0 unspecified atom stereocenters. The van der Waals surface area contributed by atoms with Gasteiger partial charge in [-0.3, -0.25) is 18.7 Å². The summed E-state index contributed by atoms with van der Waals surface area (Å²) >= 11 is 0. The van der Waals surface area contributed by atoms with Gasteiger partial charge in [-0.2, -0.15) is 9.97 Å². The molecule has 0 spiro atoms. The quantitative estimate of drug-likeness (QED) is 0.147. The van der Waals surface area contributed by atoms with Gasteiger partial charge in [-0.05, 0) is 94.1 Å². The van der Waals surface area contributed by atoms with Crippen molar-refractivity contribution in [2.75, 3.05) is 24.9 Å². The molecule has 4 aromatic heterocycles. The first kappa shape index (κ1) is 37.9. The van der Waals surface area contributed by atoms with E-state index in [-0.39, 0.29) is 29.2 Å². The number of anilines is 4. The number of pyridine rings is 2. The van der Waals surface area contributed by atoms with Crippen LogP contribution in [0.15, 0.2) is 82.4 Å². The Morgan fingerprint density at radius 1 is 0.589 bits per heavy atom. The van der Waals surface area contributed by atoms with E-state index in [0.717, 1.165) is 79.2 Å². The Morgan fingerprint density at radius 3 is 1.54 bits per heavy atom. The Bertz CT molecular complexity index is 2540. The van der Waals surface area contributed by atoms with Gasteiger partial charge in [-0.25, -0.2) is 19.6 Å². The van der Waals surface area contributed by atoms with Crippen molar-refractivity contribution in [1.82, 2.24) is 29.1 Å². The SMILES string of the molecule is COC(=O)c1ccc(Nc2nc(C)c3ccc(=O)n(C4CCCC4)c3n2)cc1.COC(=O)c1cccc(Nc2nc(C)c3ccc(=O)n(C4CCCC4)c3n2)c1. The fourth-order valence-corrected chi connectivity index (χ4v) is 7.62. The summed E-state index contributed by atoms with van der Waals surface area (Å²) in [6.45, 7) is 3.82. The average Bonchev–Trinajstić information content (AvgIpc) is 3.94. The van der Waals surface area contributed by atoms with Crippen LogP contribution in [0.25, 0.3) is 22.1 Å². The number of hydrogen-bond donors (Lipinski definition) is 2. The normalized spacial score (nSPS) is 14.4. The molecule has 2 aliphatic rings. The topological polar surface area (TPSA) is 172 Å². The number of methoxy groups -OCH3 is 2. The van der Waals surface area contributed by atoms with Gasteiger partial charge in [0.25, 0.3) is 11.1 Å². The van der Waals surface area contributed by atoms with Crippen molar-refractivity contribution in [2.24, 2.45) is 0 Å². The summed E-state index contributed by atoms with van der Waals surface area (Å²) in [5, 5.41) is 8.08. The minimum atomic E-state index is -0.408. The zero-order valence-corrected chi connectivity index (χ0v) is 31.9. The Kier molecular flexibility index (Phi) is 11.2. The van der Waals surface area contributed by atoms with Gasteiger partial charge in [0.1, 0.15) is 11.3 Å². The van der Waals surface area contributed by atoms with Crippen LogP contribution in [0.4, 0.5) is 23.3 Å². The summed E-state index contributed by atoms with van der Waals surface area (Å²) in [4.78, 5) is 66.9. The molecule has 2 N–H and O–H groups in total. The Hall–Kier alpha value is -6.44. The van der Waals surface area contributed by atoms with Gasteiger partial charge in [0, 0.05) is 46.4 Å². The molecule has 0 aliphatic heterocycles. The van der Waals surface area contributed by atoms with Gasteiger partial charge in [-0.1, -0.05) is 31.7 Å². The molecule has 0 radical (unpaired) electrons. The largest absolute Gasteiger partial charge is 0.465 e. The van der Waals surface area contributed by atoms with Gasteiger partial charge in [0.05, 0.1) is 36.7 Å². The highest BCUT2D eigenvalue weighted by Gasteiger charge is 2.23. The number of aryl methyl sites for hydroxylation is 2. The number of hydrogen-bond acceptors (Lipinski definition) is 12. The van der Waals surface area contributed by atoms with Crippen LogP contribution in [0.5, 0.6) is 0 Å². The lowest BCUT2D eigenvalue weighted by Gasteiger charge is -2.17. The number of fused-ring (bicyclic) bond motifs is 2. The molecule has 288 valence electrons. The standard InChI is InChI=1S/2C21H22N4O3/c1-13-17-10-11-18(26)25(16-8-3-4-9-16)19(17)24-21(22-13)23-15-7-5-6-14(12-15)20(27)28-2;1-13-17-11-12-18(26)25(16-5-3-4-6-16)19(17)24-21(22-13)23-15-9-7-14(8-10-15)20(27)28-2/h5-7,10-12,16H,3-4,8-9H2,1-2H3,(H,22,23,24);7-12,16H,3-6H2,1-2H3,(H,22,23,24). The molecule has 2 aliphatic carbocycles. The predicted octanol–water partition coefficient (Wildman–Crippen LogP) is 7.49. The van der Waals surface area contributed by atoms with Crippen molar-refractivity contribution in [3.05, 3.63) is 116 Å². The van der Waals surface area contributed by atoms with Crippen LogP contribution in [0.3, 0.4) is 0 Å². The van der Waals surface area contributed by atoms with Crippen LogP contribution in [-0.2, 0) is 9.47 Å². The molecular weight excluding hydrogens is 713 g/mol. The zero-order valence-electron chi connectivity index (χ0n) is 31.9. The molecule has 0 atom stereocenters. The Morgan fingerprint density at radius 2 is 1.05 bits per heavy atom. The van der Waals surface area contributed by atoms with E-state index in [1.807, 2.05) is 29.0 Å². The molecule has 2 aromatic carbocycles. The van der Waals surface area contributed by atoms with Crippen LogP contribution < -0.4 is 21.8 Å². The third-order valence-corrected chi connectivity index (χ3v) is 10.4. The number of benzene rings is 2. The van der Waals surface area contributed by atoms with E-state index in [9.17, 15) is 19.2 Å². The molecule has 0 amide bonds. The minimum absolute atomic E-state index is 0.0223. The smallest absolute Gasteiger partial charge is 0.337 e. The first-order valence-corrected chi connectivity index (χ1v) is 18.8. The van der Waals surface area contributed by atoms with Crippen molar-refractivity contribution in [2.45, 2.75) is 77.3 Å². The fourth-order valence-electron chi connectivity index (χ4n) is 7.62. The predicted molar refractivity (Wildman–Crippen MR) is 214 cm³/mol. The van der Waals surface area contributed by atoms with Crippen molar-refractivity contribution < 1.29 is 19.1 Å². The summed E-state index contributed by atoms with van der Waals surface area (Å²) in [5.41, 5.74) is 5.20. The molecule has 4 heterocycles. The maximum Gasteiger partial charge on any atom is 0.337 e. The van der Waals surface area contributed by atoms with Crippen molar-refractivity contribution in [3.63, 3.8) is 0 Å². The minimum Gasteiger partial charge on any atom is -0.465 e. The number of esters is 2. The molecule has 8 rings (SSSR count). The lowest BCUT2D eigenvalue weighted by Crippen LogP contribution is -2.24. The highest BCUT2D eigenvalue weighted by Crippen LogP contribution is 2.32. The van der Waals surface area contributed by atoms with Crippen LogP contribution in [-0.4, -0.2) is 55.2 Å². The van der Waals surface area contributed by atoms with E-state index in [0.29, 0.717) is 40.0 Å². The third-order valence-electron chi connectivity index (χ3n) is 10.4. The zero-order chi connectivity index (χ0) is 39.3. The molecule has 0 saturated heterocycles. The van der Waals surface area contributed by atoms with Gasteiger partial charge >= 0.3 is 11.9 Å². The van der Waals surface area contributed by atoms with E-state index in [4.69, 9.17) is 9.47 Å². The van der Waals surface area contributed by atoms with Crippen molar-refractivity contribution >= 4 is 57.3 Å². The number of rotatable bonds is 8. The van der Waals surface area contributed by atoms with E-state index in [2.05, 4.69) is 30.6 Å². The average molecular weight is 757 g/mol. The molecule has 6 aromatic rings. The number of nitrogens with zero attached hydrogens (tertiary/aromatic N) is 6. The molecular formula is C42H44N8O6. The fraction of sp³-hybridized carbons (Fsp3) is 0.333. The van der Waals surface area contributed by atoms with Crippen molar-refractivity contribution in [1.29, 1.82) is 0 Å². The summed E-state index contributed by atoms with van der Waals surface area (Å²) in [6, 6.07) is 21.0. The first-order chi connectivity index (χ1) is 27.1. The maximum absolute atomic E-state index is 12.6. The van der Waals surface area contributed by atoms with Crippen LogP contribution in [0.1, 0.15) is 95.6 Å². The summed E-state index contributed by atoms with van der Waals surface area (Å²) in [5.74, 6) is 0.0248. The summed E-state index contributed by atoms with van der Waals surface area (Å²) in [6.07, 6.45) is 8.51. The molecule has 2 saturated carbocycles. The number of carbonyl (C=O) groups is 2. The molecule has 0 bridgehead atoms. The number of nitrogens with one attached hydrogen (secondary N) is 2. The van der Waals surface area contributed by atoms with Crippen LogP contribution in [0.2, 0.25) is 0 Å². The van der Waals surface area contributed by atoms with E-state index in [1.54, 1.807) is 66.7 Å². The highest BCUT2D eigenvalue weighted by atomic mass is 16.5. The number of aromatic nitrogens is 6. The van der Waals surface area contributed by atoms with Gasteiger partial charge in [0.2, 0.25) is 11.9 Å². The lowest BCUT2D eigenvalue weighted by atomic mass is 10.2. The molecule has 2 fully saturated rings. The Balaban J connectivity index is 0.000000172. The third kappa shape index (κ3) is 7.99.